The van der Waals surface area contributed by atoms with Crippen LogP contribution < -0.4 is 0 Å². The summed E-state index contributed by atoms with van der Waals surface area (Å²) in [5, 5.41) is 14.8. The van der Waals surface area contributed by atoms with E-state index < -0.39 is 5.87 Å². The Kier molecular flexibility index (Phi) is 1.60. The average Bonchev–Trinajstić information content (AvgIpc) is 1.38. The molecule has 0 aliphatic rings. The third-order valence-corrected chi connectivity index (χ3v) is 0.110. The summed E-state index contributed by atoms with van der Waals surface area (Å²) in [6, 6.07) is 0. The molecule has 3 nitrogen and oxygen atoms in total. The molecule has 5 heavy (non-hydrogen) atoms. The Bertz CT molecular complexity index is 42.2. The van der Waals surface area contributed by atoms with Gasteiger partial charge in [-0.15, -0.1) is 0 Å². The maximum Gasteiger partial charge on any atom is 0.0811 e. The number of carboxylic acid groups (broad SMARTS) is 1. The van der Waals surface area contributed by atoms with Crippen LogP contribution in [0.5, 0.6) is 0 Å². The van der Waals surface area contributed by atoms with Crippen molar-refractivity contribution in [2.75, 3.05) is 0 Å². The van der Waals surface area contributed by atoms with Crippen LogP contribution in [0.25, 0.3) is 0 Å². The quantitative estimate of drug-likeness (QED) is 0.402. The molecule has 0 aliphatic carbocycles. The first-order chi connectivity index (χ1) is 2.27. The van der Waals surface area contributed by atoms with Gasteiger partial charge in [0, 0.05) is 0 Å². The van der Waals surface area contributed by atoms with Gasteiger partial charge in [-0.05, 0) is 7.48 Å². The van der Waals surface area contributed by atoms with Crippen LogP contribution in [0.3, 0.4) is 0 Å². The van der Waals surface area contributed by atoms with Gasteiger partial charge in [0.05, 0.1) is 5.87 Å². The third kappa shape index (κ3) is 3.49. The molecule has 0 aromatic heterocycles. The van der Waals surface area contributed by atoms with Gasteiger partial charge < -0.3 is 14.9 Å². The molecule has 28 valence electrons. The number of hydrogen-bond acceptors (Lipinski definition) is 2. The fraction of sp³-hybridized carbons (Fsp3) is 0. The Morgan fingerprint density at radius 2 is 2.00 bits per heavy atom. The second-order valence-corrected chi connectivity index (χ2v) is 0.467. The molecular formula is CH2BO3-. The maximum atomic E-state index is 9.06. The van der Waals surface area contributed by atoms with Crippen LogP contribution >= 0.6 is 0 Å². The molecule has 0 aliphatic heterocycles. The largest absolute Gasteiger partial charge is 0.660 e. The van der Waals surface area contributed by atoms with Crippen molar-refractivity contribution >= 4 is 13.4 Å². The normalized spacial score (nSPS) is 7.40. The molecule has 0 heterocycles. The summed E-state index contributed by atoms with van der Waals surface area (Å²) in [7, 11) is 0.0833. The Morgan fingerprint density at radius 1 is 1.80 bits per heavy atom. The third-order valence-electron chi connectivity index (χ3n) is 0.110. The van der Waals surface area contributed by atoms with Gasteiger partial charge in [-0.3, -0.25) is 0 Å². The van der Waals surface area contributed by atoms with E-state index in [1.165, 1.54) is 0 Å². The van der Waals surface area contributed by atoms with Crippen molar-refractivity contribution in [3.05, 3.63) is 0 Å². The minimum atomic E-state index is -1.31. The van der Waals surface area contributed by atoms with Crippen molar-refractivity contribution in [3.63, 3.8) is 0 Å². The lowest BCUT2D eigenvalue weighted by molar-refractivity contribution is 0.217. The van der Waals surface area contributed by atoms with Gasteiger partial charge in [0.2, 0.25) is 0 Å². The van der Waals surface area contributed by atoms with E-state index in [0.29, 0.717) is 0 Å². The van der Waals surface area contributed by atoms with E-state index in [4.69, 9.17) is 14.9 Å². The van der Waals surface area contributed by atoms with Crippen LogP contribution in [0.2, 0.25) is 0 Å². The zero-order chi connectivity index (χ0) is 4.28. The minimum Gasteiger partial charge on any atom is -0.660 e. The highest BCUT2D eigenvalue weighted by Gasteiger charge is 1.63. The van der Waals surface area contributed by atoms with Crippen LogP contribution in [0.4, 0.5) is 4.79 Å². The van der Waals surface area contributed by atoms with E-state index in [0.717, 1.165) is 0 Å². The van der Waals surface area contributed by atoms with Crippen molar-refractivity contribution in [1.82, 2.24) is 0 Å². The van der Waals surface area contributed by atoms with Gasteiger partial charge >= 0.3 is 0 Å². The van der Waals surface area contributed by atoms with Crippen LogP contribution in [-0.2, 0) is 0 Å². The van der Waals surface area contributed by atoms with Crippen molar-refractivity contribution in [2.45, 2.75) is 0 Å². The summed E-state index contributed by atoms with van der Waals surface area (Å²) in [6.45, 7) is 0. The fourth-order valence-corrected chi connectivity index (χ4v) is 0. The summed E-state index contributed by atoms with van der Waals surface area (Å²) < 4.78 is 0. The van der Waals surface area contributed by atoms with Crippen molar-refractivity contribution in [3.8, 4) is 0 Å². The molecule has 0 fully saturated rings. The number of carbonyl (C=O) groups is 1. The molecule has 2 N–H and O–H groups in total. The highest BCUT2D eigenvalue weighted by atomic mass is 16.4. The predicted molar refractivity (Wildman–Crippen MR) is 16.0 cm³/mol. The zero-order valence-electron chi connectivity index (χ0n) is 2.38. The van der Waals surface area contributed by atoms with Gasteiger partial charge in [0.25, 0.3) is 0 Å². The lowest BCUT2D eigenvalue weighted by Crippen LogP contribution is -2.01. The van der Waals surface area contributed by atoms with Crippen LogP contribution in [0, 0.1) is 0 Å². The lowest BCUT2D eigenvalue weighted by atomic mass is 10.1. The first kappa shape index (κ1) is 4.49. The molecule has 0 bridgehead atoms. The molecule has 0 saturated heterocycles. The Balaban J connectivity index is 2.85. The van der Waals surface area contributed by atoms with Gasteiger partial charge in [-0.2, -0.15) is 0 Å². The van der Waals surface area contributed by atoms with Crippen molar-refractivity contribution < 1.29 is 14.9 Å². The van der Waals surface area contributed by atoms with Crippen LogP contribution in [0.1, 0.15) is 0 Å². The van der Waals surface area contributed by atoms with Crippen molar-refractivity contribution in [1.29, 1.82) is 0 Å². The van der Waals surface area contributed by atoms with E-state index in [9.17, 15) is 0 Å². The van der Waals surface area contributed by atoms with Crippen LogP contribution in [-0.4, -0.2) is 23.5 Å². The summed E-state index contributed by atoms with van der Waals surface area (Å²) in [4.78, 5) is 9.06. The molecule has 4 heteroatoms. The zero-order valence-corrected chi connectivity index (χ0v) is 2.38. The molecule has 0 saturated carbocycles. The fourth-order valence-electron chi connectivity index (χ4n) is 0. The Hall–Kier alpha value is -0.505. The molecular weight excluding hydrogens is 70.8 g/mol. The summed E-state index contributed by atoms with van der Waals surface area (Å²) in [5.41, 5.74) is 0. The number of hydrogen-bond donors (Lipinski definition) is 2. The topological polar surface area (TPSA) is 57.5 Å². The monoisotopic (exact) mass is 73.0 g/mol. The first-order valence-corrected chi connectivity index (χ1v) is 0.975. The van der Waals surface area contributed by atoms with E-state index in [2.05, 4.69) is 0 Å². The molecule has 0 amide bonds. The second kappa shape index (κ2) is 1.78. The highest BCUT2D eigenvalue weighted by molar-refractivity contribution is 6.65. The van der Waals surface area contributed by atoms with Gasteiger partial charge in [-0.25, -0.2) is 0 Å². The lowest BCUT2D eigenvalue weighted by Gasteiger charge is -1.90. The highest BCUT2D eigenvalue weighted by Crippen LogP contribution is 1.51. The molecule has 0 aromatic rings. The first-order valence-electron chi connectivity index (χ1n) is 0.975. The molecule has 0 rings (SSSR count). The van der Waals surface area contributed by atoms with Gasteiger partial charge in [0.15, 0.2) is 0 Å². The maximum absolute atomic E-state index is 9.06. The van der Waals surface area contributed by atoms with Gasteiger partial charge in [0.1, 0.15) is 0 Å². The molecule has 2 radical (unpaired) electrons. The summed E-state index contributed by atoms with van der Waals surface area (Å²) in [6.07, 6.45) is 0. The standard InChI is InChI=1S/CH2BO3/c3-1(4)2-5/h5H,(H,3,4)/q-1. The summed E-state index contributed by atoms with van der Waals surface area (Å²) >= 11 is 0. The number of rotatable bonds is 1. The SMILES string of the molecule is O=C(O)[B-]O. The Morgan fingerprint density at radius 3 is 2.00 bits per heavy atom. The molecule has 0 atom stereocenters. The van der Waals surface area contributed by atoms with Crippen molar-refractivity contribution in [2.24, 2.45) is 0 Å². The van der Waals surface area contributed by atoms with E-state index in [1.807, 2.05) is 0 Å². The summed E-state index contributed by atoms with van der Waals surface area (Å²) in [5.74, 6) is -1.31. The second-order valence-electron chi connectivity index (χ2n) is 0.467. The van der Waals surface area contributed by atoms with E-state index >= 15 is 0 Å². The van der Waals surface area contributed by atoms with Gasteiger partial charge in [-0.1, -0.05) is 0 Å². The smallest absolute Gasteiger partial charge is 0.0811 e. The van der Waals surface area contributed by atoms with E-state index in [1.54, 1.807) is 0 Å². The molecule has 0 aromatic carbocycles. The molecule has 0 unspecified atom stereocenters. The average molecular weight is 72.8 g/mol. The Labute approximate surface area is 29.5 Å². The van der Waals surface area contributed by atoms with Crippen LogP contribution in [0.15, 0.2) is 0 Å². The molecule has 0 spiro atoms. The van der Waals surface area contributed by atoms with E-state index in [-0.39, 0.29) is 7.48 Å². The minimum absolute atomic E-state index is 0.0833. The predicted octanol–water partition coefficient (Wildman–Crippen LogP) is -0.724.